The first-order chi connectivity index (χ1) is 15.7. The lowest BCUT2D eigenvalue weighted by Gasteiger charge is -2.31. The molecule has 1 amide bonds. The molecular formula is C24H29F3N2O4S. The Bertz CT molecular complexity index is 1150. The van der Waals surface area contributed by atoms with Gasteiger partial charge in [0.15, 0.2) is 0 Å². The highest BCUT2D eigenvalue weighted by Crippen LogP contribution is 2.34. The van der Waals surface area contributed by atoms with Crippen LogP contribution in [0.2, 0.25) is 0 Å². The number of amides is 1. The Labute approximate surface area is 198 Å². The van der Waals surface area contributed by atoms with Gasteiger partial charge in [-0.15, -0.1) is 0 Å². The van der Waals surface area contributed by atoms with Crippen LogP contribution in [0, 0.1) is 5.92 Å². The van der Waals surface area contributed by atoms with Crippen molar-refractivity contribution in [2.24, 2.45) is 5.92 Å². The zero-order chi connectivity index (χ0) is 25.3. The molecule has 1 aliphatic rings. The van der Waals surface area contributed by atoms with Crippen molar-refractivity contribution in [3.63, 3.8) is 0 Å². The number of hydrogen-bond acceptors (Lipinski definition) is 4. The number of benzene rings is 2. The predicted molar refractivity (Wildman–Crippen MR) is 123 cm³/mol. The third-order valence-corrected chi connectivity index (χ3v) is 7.84. The molecule has 0 unspecified atom stereocenters. The second-order valence-electron chi connectivity index (χ2n) is 9.36. The van der Waals surface area contributed by atoms with E-state index in [9.17, 15) is 26.4 Å². The summed E-state index contributed by atoms with van der Waals surface area (Å²) in [4.78, 5) is 12.5. The Kier molecular flexibility index (Phi) is 7.33. The Hall–Kier alpha value is -2.59. The maximum absolute atomic E-state index is 13.0. The van der Waals surface area contributed by atoms with Crippen LogP contribution in [0.1, 0.15) is 44.7 Å². The van der Waals surface area contributed by atoms with E-state index in [0.717, 1.165) is 28.1 Å². The molecule has 34 heavy (non-hydrogen) atoms. The summed E-state index contributed by atoms with van der Waals surface area (Å²) in [7, 11) is -2.59. The molecule has 2 aromatic carbocycles. The number of sulfonamides is 1. The van der Waals surface area contributed by atoms with Gasteiger partial charge in [0.25, 0.3) is 0 Å². The van der Waals surface area contributed by atoms with Crippen molar-refractivity contribution in [2.75, 3.05) is 25.5 Å². The summed E-state index contributed by atoms with van der Waals surface area (Å²) in [5.41, 5.74) is 0.410. The van der Waals surface area contributed by atoms with Gasteiger partial charge in [0, 0.05) is 19.0 Å². The van der Waals surface area contributed by atoms with Crippen LogP contribution in [0.25, 0.3) is 0 Å². The number of carbonyl (C=O) groups excluding carboxylic acids is 1. The first kappa shape index (κ1) is 26.0. The number of alkyl halides is 3. The van der Waals surface area contributed by atoms with Gasteiger partial charge < -0.3 is 10.1 Å². The van der Waals surface area contributed by atoms with E-state index in [1.165, 1.54) is 7.11 Å². The summed E-state index contributed by atoms with van der Waals surface area (Å²) in [6.07, 6.45) is -4.13. The molecule has 1 N–H and O–H groups in total. The molecule has 0 saturated carbocycles. The Morgan fingerprint density at radius 3 is 2.24 bits per heavy atom. The molecule has 1 heterocycles. The van der Waals surface area contributed by atoms with Crippen molar-refractivity contribution in [3.05, 3.63) is 53.6 Å². The first-order valence-corrected chi connectivity index (χ1v) is 12.3. The number of halogens is 3. The summed E-state index contributed by atoms with van der Waals surface area (Å²) in [6.45, 7) is 6.24. The quantitative estimate of drug-likeness (QED) is 0.626. The van der Waals surface area contributed by atoms with Crippen molar-refractivity contribution < 1.29 is 31.1 Å². The Morgan fingerprint density at radius 1 is 1.03 bits per heavy atom. The zero-order valence-corrected chi connectivity index (χ0v) is 20.4. The fourth-order valence-corrected chi connectivity index (χ4v) is 5.36. The van der Waals surface area contributed by atoms with Crippen LogP contribution in [0.5, 0.6) is 5.75 Å². The number of methoxy groups -OCH3 is 1. The lowest BCUT2D eigenvalue weighted by atomic mass is 9.86. The Balaban J connectivity index is 1.70. The van der Waals surface area contributed by atoms with Crippen molar-refractivity contribution in [3.8, 4) is 5.75 Å². The maximum atomic E-state index is 13.0. The van der Waals surface area contributed by atoms with Crippen LogP contribution in [0.15, 0.2) is 47.4 Å². The molecule has 0 radical (unpaired) electrons. The third kappa shape index (κ3) is 5.72. The summed E-state index contributed by atoms with van der Waals surface area (Å²) >= 11 is 0. The van der Waals surface area contributed by atoms with E-state index < -0.39 is 32.6 Å². The molecule has 1 aliphatic heterocycles. The van der Waals surface area contributed by atoms with Crippen LogP contribution in [-0.2, 0) is 26.4 Å². The monoisotopic (exact) mass is 498 g/mol. The van der Waals surface area contributed by atoms with Gasteiger partial charge in [-0.05, 0) is 54.2 Å². The number of piperidine rings is 1. The zero-order valence-electron chi connectivity index (χ0n) is 19.6. The van der Waals surface area contributed by atoms with E-state index in [1.54, 1.807) is 6.07 Å². The molecule has 1 saturated heterocycles. The van der Waals surface area contributed by atoms with Crippen molar-refractivity contribution in [2.45, 2.75) is 50.1 Å². The maximum Gasteiger partial charge on any atom is 0.416 e. The van der Waals surface area contributed by atoms with Gasteiger partial charge in [-0.2, -0.15) is 17.5 Å². The van der Waals surface area contributed by atoms with Crippen molar-refractivity contribution in [1.82, 2.24) is 4.31 Å². The summed E-state index contributed by atoms with van der Waals surface area (Å²) in [6, 6.07) is 9.30. The highest BCUT2D eigenvalue weighted by Gasteiger charge is 2.35. The standard InChI is InChI=1S/C24H29F3N2O4S/c1-23(2,3)17-8-9-21(33-4)20(15-17)28-22(30)16-10-12-29(13-11-16)34(31,32)19-7-5-6-18(14-19)24(25,26)27/h5-9,14-16H,10-13H2,1-4H3,(H,28,30). The fraction of sp³-hybridized carbons (Fsp3) is 0.458. The first-order valence-electron chi connectivity index (χ1n) is 10.9. The number of anilines is 1. The van der Waals surface area contributed by atoms with Gasteiger partial charge in [0.1, 0.15) is 5.75 Å². The van der Waals surface area contributed by atoms with E-state index in [4.69, 9.17) is 4.74 Å². The molecule has 0 aliphatic carbocycles. The molecule has 0 spiro atoms. The van der Waals surface area contributed by atoms with Crippen LogP contribution < -0.4 is 10.1 Å². The molecule has 186 valence electrons. The minimum Gasteiger partial charge on any atom is -0.495 e. The number of rotatable bonds is 5. The average Bonchev–Trinajstić information content (AvgIpc) is 2.78. The molecule has 2 aromatic rings. The lowest BCUT2D eigenvalue weighted by molar-refractivity contribution is -0.137. The summed E-state index contributed by atoms with van der Waals surface area (Å²) in [5.74, 6) is -0.164. The van der Waals surface area contributed by atoms with Crippen LogP contribution in [0.4, 0.5) is 18.9 Å². The van der Waals surface area contributed by atoms with Gasteiger partial charge >= 0.3 is 6.18 Å². The second-order valence-corrected chi connectivity index (χ2v) is 11.3. The minimum absolute atomic E-state index is 0.0375. The third-order valence-electron chi connectivity index (χ3n) is 5.95. The van der Waals surface area contributed by atoms with Crippen LogP contribution >= 0.6 is 0 Å². The largest absolute Gasteiger partial charge is 0.495 e. The highest BCUT2D eigenvalue weighted by atomic mass is 32.2. The number of nitrogens with one attached hydrogen (secondary N) is 1. The molecule has 1 fully saturated rings. The van der Waals surface area contributed by atoms with E-state index in [0.29, 0.717) is 17.5 Å². The summed E-state index contributed by atoms with van der Waals surface area (Å²) in [5, 5.41) is 2.90. The predicted octanol–water partition coefficient (Wildman–Crippen LogP) is 5.05. The van der Waals surface area contributed by atoms with E-state index in [2.05, 4.69) is 26.1 Å². The van der Waals surface area contributed by atoms with E-state index in [-0.39, 0.29) is 37.3 Å². The average molecular weight is 499 g/mol. The van der Waals surface area contributed by atoms with E-state index >= 15 is 0 Å². The van der Waals surface area contributed by atoms with Gasteiger partial charge in [0.2, 0.25) is 15.9 Å². The number of ether oxygens (including phenoxy) is 1. The Morgan fingerprint density at radius 2 is 1.68 bits per heavy atom. The molecule has 6 nitrogen and oxygen atoms in total. The van der Waals surface area contributed by atoms with Gasteiger partial charge in [0.05, 0.1) is 23.3 Å². The second kappa shape index (κ2) is 9.58. The van der Waals surface area contributed by atoms with E-state index in [1.807, 2.05) is 12.1 Å². The van der Waals surface area contributed by atoms with Gasteiger partial charge in [-0.25, -0.2) is 8.42 Å². The molecule has 0 aromatic heterocycles. The number of hydrogen-bond donors (Lipinski definition) is 1. The van der Waals surface area contributed by atoms with Gasteiger partial charge in [-0.3, -0.25) is 4.79 Å². The highest BCUT2D eigenvalue weighted by molar-refractivity contribution is 7.89. The fourth-order valence-electron chi connectivity index (χ4n) is 3.85. The summed E-state index contributed by atoms with van der Waals surface area (Å²) < 4.78 is 71.3. The van der Waals surface area contributed by atoms with Gasteiger partial charge in [-0.1, -0.05) is 32.9 Å². The number of nitrogens with zero attached hydrogens (tertiary/aromatic N) is 1. The van der Waals surface area contributed by atoms with Crippen molar-refractivity contribution >= 4 is 21.6 Å². The molecule has 10 heteroatoms. The molecule has 0 atom stereocenters. The SMILES string of the molecule is COc1ccc(C(C)(C)C)cc1NC(=O)C1CCN(S(=O)(=O)c2cccc(C(F)(F)F)c2)CC1. The number of carbonyl (C=O) groups is 1. The van der Waals surface area contributed by atoms with Crippen LogP contribution in [-0.4, -0.2) is 38.8 Å². The smallest absolute Gasteiger partial charge is 0.416 e. The minimum atomic E-state index is -4.64. The normalized spacial score (nSPS) is 16.3. The van der Waals surface area contributed by atoms with Crippen LogP contribution in [0.3, 0.4) is 0 Å². The topological polar surface area (TPSA) is 75.7 Å². The molecule has 0 bridgehead atoms. The lowest BCUT2D eigenvalue weighted by Crippen LogP contribution is -2.41. The van der Waals surface area contributed by atoms with Crippen molar-refractivity contribution in [1.29, 1.82) is 0 Å². The molecule has 3 rings (SSSR count). The molecular weight excluding hydrogens is 469 g/mol.